The van der Waals surface area contributed by atoms with Crippen molar-refractivity contribution in [3.63, 3.8) is 0 Å². The van der Waals surface area contributed by atoms with Crippen LogP contribution in [0.25, 0.3) is 6.08 Å². The lowest BCUT2D eigenvalue weighted by atomic mass is 10.0. The molecule has 130 valence electrons. The second-order valence-corrected chi connectivity index (χ2v) is 5.62. The first-order valence-corrected chi connectivity index (χ1v) is 8.07. The lowest BCUT2D eigenvalue weighted by Crippen LogP contribution is -2.08. The number of ether oxygens (including phenoxy) is 2. The summed E-state index contributed by atoms with van der Waals surface area (Å²) in [5.41, 5.74) is 1.82. The van der Waals surface area contributed by atoms with E-state index in [1.54, 1.807) is 26.4 Å². The van der Waals surface area contributed by atoms with Gasteiger partial charge < -0.3 is 9.47 Å². The number of hydrogen-bond acceptors (Lipinski definition) is 4. The van der Waals surface area contributed by atoms with Gasteiger partial charge in [-0.25, -0.2) is 0 Å². The molecule has 0 aromatic heterocycles. The first-order chi connectivity index (χ1) is 12.1. The van der Waals surface area contributed by atoms with Gasteiger partial charge in [-0.3, -0.25) is 9.59 Å². The number of hydrogen-bond donors (Lipinski definition) is 0. The summed E-state index contributed by atoms with van der Waals surface area (Å²) in [4.78, 5) is 23.7. The van der Waals surface area contributed by atoms with Crippen LogP contribution in [0.1, 0.15) is 18.4 Å². The van der Waals surface area contributed by atoms with Crippen LogP contribution in [-0.4, -0.2) is 31.9 Å². The van der Waals surface area contributed by atoms with Crippen molar-refractivity contribution in [2.75, 3.05) is 14.2 Å². The van der Waals surface area contributed by atoms with Crippen molar-refractivity contribution in [2.24, 2.45) is 0 Å². The number of methoxy groups -OCH3 is 2. The van der Waals surface area contributed by atoms with Crippen LogP contribution in [0, 0.1) is 0 Å². The number of rotatable bonds is 8. The van der Waals surface area contributed by atoms with Crippen LogP contribution in [0.4, 0.5) is 0 Å². The second kappa shape index (κ2) is 9.55. The van der Waals surface area contributed by atoms with Gasteiger partial charge in [0.25, 0.3) is 0 Å². The van der Waals surface area contributed by atoms with E-state index < -0.39 is 0 Å². The average Bonchev–Trinajstić information content (AvgIpc) is 2.65. The van der Waals surface area contributed by atoms with Crippen molar-refractivity contribution >= 4 is 17.6 Å². The maximum atomic E-state index is 11.9. The van der Waals surface area contributed by atoms with Crippen LogP contribution < -0.4 is 4.74 Å². The zero-order valence-electron chi connectivity index (χ0n) is 14.5. The molecule has 0 saturated heterocycles. The highest BCUT2D eigenvalue weighted by Crippen LogP contribution is 2.14. The van der Waals surface area contributed by atoms with Gasteiger partial charge in [-0.05, 0) is 41.8 Å². The van der Waals surface area contributed by atoms with E-state index in [4.69, 9.17) is 9.47 Å². The fourth-order valence-corrected chi connectivity index (χ4v) is 2.30. The third kappa shape index (κ3) is 6.36. The standard InChI is InChI=1S/C21H22O4/c1-24-20-11-5-16(6-12-20)3-9-18(22)15-19(23)10-4-17-7-13-21(25-2)14-8-17/h3-13,21H,14-15H2,1-2H3/b9-3+,10-4+. The highest BCUT2D eigenvalue weighted by Gasteiger charge is 2.07. The molecule has 25 heavy (non-hydrogen) atoms. The fourth-order valence-electron chi connectivity index (χ4n) is 2.30. The van der Waals surface area contributed by atoms with Crippen LogP contribution in [0.2, 0.25) is 0 Å². The Morgan fingerprint density at radius 1 is 1.08 bits per heavy atom. The topological polar surface area (TPSA) is 52.6 Å². The van der Waals surface area contributed by atoms with E-state index in [2.05, 4.69) is 0 Å². The van der Waals surface area contributed by atoms with E-state index in [-0.39, 0.29) is 24.1 Å². The molecule has 1 aromatic carbocycles. The van der Waals surface area contributed by atoms with E-state index in [1.165, 1.54) is 12.2 Å². The smallest absolute Gasteiger partial charge is 0.163 e. The summed E-state index contributed by atoms with van der Waals surface area (Å²) in [5, 5.41) is 0. The molecule has 1 aliphatic rings. The summed E-state index contributed by atoms with van der Waals surface area (Å²) in [7, 11) is 3.26. The maximum absolute atomic E-state index is 11.9. The molecular weight excluding hydrogens is 316 g/mol. The summed E-state index contributed by atoms with van der Waals surface area (Å²) < 4.78 is 10.3. The molecular formula is C21H22O4. The van der Waals surface area contributed by atoms with Gasteiger partial charge in [-0.15, -0.1) is 0 Å². The predicted molar refractivity (Wildman–Crippen MR) is 98.4 cm³/mol. The van der Waals surface area contributed by atoms with Crippen LogP contribution in [0.5, 0.6) is 5.75 Å². The van der Waals surface area contributed by atoms with Crippen molar-refractivity contribution in [3.05, 3.63) is 71.9 Å². The van der Waals surface area contributed by atoms with E-state index in [0.29, 0.717) is 0 Å². The molecule has 0 bridgehead atoms. The molecule has 1 unspecified atom stereocenters. The lowest BCUT2D eigenvalue weighted by Gasteiger charge is -2.12. The van der Waals surface area contributed by atoms with E-state index >= 15 is 0 Å². The van der Waals surface area contributed by atoms with Crippen molar-refractivity contribution in [3.8, 4) is 5.75 Å². The highest BCUT2D eigenvalue weighted by molar-refractivity contribution is 6.09. The van der Waals surface area contributed by atoms with E-state index in [1.807, 2.05) is 42.5 Å². The summed E-state index contributed by atoms with van der Waals surface area (Å²) >= 11 is 0. The van der Waals surface area contributed by atoms with Crippen molar-refractivity contribution < 1.29 is 19.1 Å². The molecule has 0 spiro atoms. The first kappa shape index (κ1) is 18.6. The molecule has 1 aliphatic carbocycles. The third-order valence-corrected chi connectivity index (χ3v) is 3.78. The van der Waals surface area contributed by atoms with Gasteiger partial charge in [0.05, 0.1) is 19.6 Å². The van der Waals surface area contributed by atoms with Crippen molar-refractivity contribution in [1.29, 1.82) is 0 Å². The minimum atomic E-state index is -0.224. The quantitative estimate of drug-likeness (QED) is 0.536. The van der Waals surface area contributed by atoms with Crippen LogP contribution in [-0.2, 0) is 14.3 Å². The molecule has 4 nitrogen and oxygen atoms in total. The Morgan fingerprint density at radius 2 is 1.76 bits per heavy atom. The Labute approximate surface area is 148 Å². The maximum Gasteiger partial charge on any atom is 0.163 e. The predicted octanol–water partition coefficient (Wildman–Crippen LogP) is 3.69. The monoisotopic (exact) mass is 338 g/mol. The molecule has 0 fully saturated rings. The molecule has 2 rings (SSSR count). The van der Waals surface area contributed by atoms with Gasteiger partial charge in [0.15, 0.2) is 11.6 Å². The normalized spacial score (nSPS) is 17.0. The van der Waals surface area contributed by atoms with Crippen LogP contribution >= 0.6 is 0 Å². The fraction of sp³-hybridized carbons (Fsp3) is 0.238. The summed E-state index contributed by atoms with van der Waals surface area (Å²) in [6, 6.07) is 7.33. The number of ketones is 2. The molecule has 1 atom stereocenters. The van der Waals surface area contributed by atoms with Gasteiger partial charge in [-0.1, -0.05) is 42.5 Å². The molecule has 0 N–H and O–H groups in total. The molecule has 4 heteroatoms. The number of allylic oxidation sites excluding steroid dienone is 5. The molecule has 1 aromatic rings. The van der Waals surface area contributed by atoms with Gasteiger partial charge >= 0.3 is 0 Å². The summed E-state index contributed by atoms with van der Waals surface area (Å²) in [6.07, 6.45) is 12.9. The molecule has 0 aliphatic heterocycles. The lowest BCUT2D eigenvalue weighted by molar-refractivity contribution is -0.121. The van der Waals surface area contributed by atoms with Gasteiger partial charge in [0.1, 0.15) is 5.75 Å². The van der Waals surface area contributed by atoms with Crippen molar-refractivity contribution in [1.82, 2.24) is 0 Å². The minimum absolute atomic E-state index is 0.0949. The largest absolute Gasteiger partial charge is 0.497 e. The Hall–Kier alpha value is -2.72. The van der Waals surface area contributed by atoms with Crippen molar-refractivity contribution in [2.45, 2.75) is 18.9 Å². The summed E-state index contributed by atoms with van der Waals surface area (Å²) in [5.74, 6) is 0.317. The molecule has 0 heterocycles. The van der Waals surface area contributed by atoms with E-state index in [9.17, 15) is 9.59 Å². The Bertz CT molecular complexity index is 721. The summed E-state index contributed by atoms with van der Waals surface area (Å²) in [6.45, 7) is 0. The zero-order chi connectivity index (χ0) is 18.1. The van der Waals surface area contributed by atoms with Gasteiger partial charge in [-0.2, -0.15) is 0 Å². The third-order valence-electron chi connectivity index (χ3n) is 3.78. The molecule has 0 amide bonds. The van der Waals surface area contributed by atoms with Gasteiger partial charge in [0.2, 0.25) is 0 Å². The SMILES string of the molecule is COc1ccc(/C=C/C(=O)CC(=O)/C=C/C2=CCC(OC)C=C2)cc1. The van der Waals surface area contributed by atoms with Crippen LogP contribution in [0.15, 0.2) is 66.3 Å². The first-order valence-electron chi connectivity index (χ1n) is 8.07. The van der Waals surface area contributed by atoms with E-state index in [0.717, 1.165) is 23.3 Å². The van der Waals surface area contributed by atoms with Crippen LogP contribution in [0.3, 0.4) is 0 Å². The second-order valence-electron chi connectivity index (χ2n) is 5.62. The van der Waals surface area contributed by atoms with Gasteiger partial charge in [0, 0.05) is 7.11 Å². The Kier molecular flexibility index (Phi) is 7.11. The number of carbonyl (C=O) groups is 2. The molecule has 0 saturated carbocycles. The number of benzene rings is 1. The number of carbonyl (C=O) groups excluding carboxylic acids is 2. The Morgan fingerprint density at radius 3 is 2.32 bits per heavy atom. The minimum Gasteiger partial charge on any atom is -0.497 e. The molecule has 0 radical (unpaired) electrons. The zero-order valence-corrected chi connectivity index (χ0v) is 14.5. The average molecular weight is 338 g/mol. The Balaban J connectivity index is 1.82. The highest BCUT2D eigenvalue weighted by atomic mass is 16.5.